The lowest BCUT2D eigenvalue weighted by molar-refractivity contribution is 0.257. The van der Waals surface area contributed by atoms with Crippen molar-refractivity contribution in [1.82, 2.24) is 0 Å². The van der Waals surface area contributed by atoms with Gasteiger partial charge in [0.15, 0.2) is 0 Å². The van der Waals surface area contributed by atoms with Crippen LogP contribution in [0.15, 0.2) is 41.2 Å². The molecule has 1 aliphatic carbocycles. The van der Waals surface area contributed by atoms with Crippen LogP contribution in [0.4, 0.5) is 0 Å². The van der Waals surface area contributed by atoms with Gasteiger partial charge in [-0.15, -0.1) is 5.73 Å². The lowest BCUT2D eigenvalue weighted by Gasteiger charge is -2.14. The summed E-state index contributed by atoms with van der Waals surface area (Å²) in [5, 5.41) is 9.89. The highest BCUT2D eigenvalue weighted by Crippen LogP contribution is 2.21. The van der Waals surface area contributed by atoms with Crippen molar-refractivity contribution in [3.8, 4) is 0 Å². The van der Waals surface area contributed by atoms with Crippen LogP contribution in [0.1, 0.15) is 40.5 Å². The van der Waals surface area contributed by atoms with Gasteiger partial charge in [0, 0.05) is 5.41 Å². The molecule has 0 radical (unpaired) electrons. The quantitative estimate of drug-likeness (QED) is 0.484. The van der Waals surface area contributed by atoms with E-state index >= 15 is 0 Å². The molecule has 0 spiro atoms. The zero-order chi connectivity index (χ0) is 12.2. The molecule has 0 amide bonds. The minimum absolute atomic E-state index is 0.0487. The molecule has 1 atom stereocenters. The van der Waals surface area contributed by atoms with Crippen molar-refractivity contribution in [2.24, 2.45) is 5.41 Å². The molecule has 1 heteroatoms. The Labute approximate surface area is 98.9 Å². The van der Waals surface area contributed by atoms with Gasteiger partial charge in [0.05, 0.1) is 6.10 Å². The van der Waals surface area contributed by atoms with E-state index in [1.807, 2.05) is 19.1 Å². The molecule has 0 heterocycles. The van der Waals surface area contributed by atoms with E-state index in [1.54, 1.807) is 0 Å². The average molecular weight is 218 g/mol. The Hall–Kier alpha value is -1.04. The van der Waals surface area contributed by atoms with E-state index in [-0.39, 0.29) is 5.41 Å². The monoisotopic (exact) mass is 218 g/mol. The normalized spacial score (nSPS) is 30.9. The summed E-state index contributed by atoms with van der Waals surface area (Å²) in [5.74, 6) is 0. The Kier molecular flexibility index (Phi) is 4.35. The van der Waals surface area contributed by atoms with Gasteiger partial charge in [-0.1, -0.05) is 32.1 Å². The first-order valence-electron chi connectivity index (χ1n) is 5.88. The van der Waals surface area contributed by atoms with Gasteiger partial charge in [0.2, 0.25) is 0 Å². The maximum Gasteiger partial charge on any atom is 0.0929 e. The van der Waals surface area contributed by atoms with Crippen molar-refractivity contribution in [1.29, 1.82) is 0 Å². The highest BCUT2D eigenvalue weighted by Gasteiger charge is 2.11. The first-order valence-corrected chi connectivity index (χ1v) is 5.88. The Morgan fingerprint density at radius 1 is 1.38 bits per heavy atom. The minimum atomic E-state index is -0.453. The average Bonchev–Trinajstić information content (AvgIpc) is 2.23. The smallest absolute Gasteiger partial charge is 0.0929 e. The van der Waals surface area contributed by atoms with Crippen molar-refractivity contribution in [2.75, 3.05) is 0 Å². The molecule has 16 heavy (non-hydrogen) atoms. The van der Waals surface area contributed by atoms with Gasteiger partial charge >= 0.3 is 0 Å². The van der Waals surface area contributed by atoms with Crippen LogP contribution in [0, 0.1) is 5.41 Å². The van der Waals surface area contributed by atoms with Crippen molar-refractivity contribution in [2.45, 2.75) is 46.6 Å². The first-order chi connectivity index (χ1) is 7.41. The molecule has 0 fully saturated rings. The summed E-state index contributed by atoms with van der Waals surface area (Å²) in [7, 11) is 0. The van der Waals surface area contributed by atoms with Crippen LogP contribution in [-0.2, 0) is 0 Å². The molecule has 1 N–H and O–H groups in total. The minimum Gasteiger partial charge on any atom is -0.385 e. The lowest BCUT2D eigenvalue weighted by atomic mass is 9.92. The Morgan fingerprint density at radius 2 is 2.06 bits per heavy atom. The summed E-state index contributed by atoms with van der Waals surface area (Å²) >= 11 is 0. The largest absolute Gasteiger partial charge is 0.385 e. The van der Waals surface area contributed by atoms with E-state index in [0.29, 0.717) is 0 Å². The maximum absolute atomic E-state index is 9.89. The summed E-state index contributed by atoms with van der Waals surface area (Å²) in [6, 6.07) is 0. The number of aliphatic hydroxyl groups is 1. The number of aliphatic hydroxyl groups excluding tert-OH is 1. The van der Waals surface area contributed by atoms with Crippen molar-refractivity contribution < 1.29 is 5.11 Å². The highest BCUT2D eigenvalue weighted by molar-refractivity contribution is 5.19. The first kappa shape index (κ1) is 13.0. The molecule has 0 saturated heterocycles. The molecule has 0 bridgehead atoms. The van der Waals surface area contributed by atoms with E-state index in [4.69, 9.17) is 0 Å². The third kappa shape index (κ3) is 4.22. The van der Waals surface area contributed by atoms with Crippen LogP contribution in [0.5, 0.6) is 0 Å². The topological polar surface area (TPSA) is 20.2 Å². The number of allylic oxidation sites excluding steroid dienone is 3. The van der Waals surface area contributed by atoms with Gasteiger partial charge in [0.25, 0.3) is 0 Å². The fourth-order valence-corrected chi connectivity index (χ4v) is 1.56. The van der Waals surface area contributed by atoms with Gasteiger partial charge in [-0.05, 0) is 43.9 Å². The fourth-order valence-electron chi connectivity index (χ4n) is 1.56. The molecule has 0 aromatic carbocycles. The van der Waals surface area contributed by atoms with E-state index in [0.717, 1.165) is 18.4 Å². The summed E-state index contributed by atoms with van der Waals surface area (Å²) in [6.07, 6.45) is 9.63. The van der Waals surface area contributed by atoms with Gasteiger partial charge in [0.1, 0.15) is 0 Å². The van der Waals surface area contributed by atoms with Crippen molar-refractivity contribution >= 4 is 0 Å². The van der Waals surface area contributed by atoms with Gasteiger partial charge in [-0.3, -0.25) is 0 Å². The highest BCUT2D eigenvalue weighted by atomic mass is 16.3. The van der Waals surface area contributed by atoms with Crippen molar-refractivity contribution in [3.63, 3.8) is 0 Å². The summed E-state index contributed by atoms with van der Waals surface area (Å²) < 4.78 is 0. The summed E-state index contributed by atoms with van der Waals surface area (Å²) in [6.45, 7) is 8.32. The van der Waals surface area contributed by atoms with E-state index in [9.17, 15) is 5.11 Å². The molecule has 0 aromatic heterocycles. The van der Waals surface area contributed by atoms with Crippen LogP contribution in [-0.4, -0.2) is 11.2 Å². The molecule has 88 valence electrons. The lowest BCUT2D eigenvalue weighted by Crippen LogP contribution is -2.08. The summed E-state index contributed by atoms with van der Waals surface area (Å²) in [4.78, 5) is 0. The Balaban J connectivity index is 3.04. The van der Waals surface area contributed by atoms with E-state index in [1.165, 1.54) is 5.57 Å². The predicted molar refractivity (Wildman–Crippen MR) is 69.2 cm³/mol. The van der Waals surface area contributed by atoms with Crippen LogP contribution in [0.3, 0.4) is 0 Å². The maximum atomic E-state index is 9.89. The fraction of sp³-hybridized carbons (Fsp3) is 0.533. The van der Waals surface area contributed by atoms with Gasteiger partial charge in [-0.2, -0.15) is 0 Å². The zero-order valence-electron chi connectivity index (χ0n) is 10.7. The molecule has 1 unspecified atom stereocenters. The zero-order valence-corrected chi connectivity index (χ0v) is 10.7. The molecular weight excluding hydrogens is 196 g/mol. The third-order valence-corrected chi connectivity index (χ3v) is 2.85. The summed E-state index contributed by atoms with van der Waals surface area (Å²) in [5.41, 5.74) is 5.58. The Morgan fingerprint density at radius 3 is 2.75 bits per heavy atom. The molecule has 0 aromatic rings. The predicted octanol–water partition coefficient (Wildman–Crippen LogP) is 3.77. The molecular formula is C15H22O. The van der Waals surface area contributed by atoms with E-state index in [2.05, 4.69) is 38.7 Å². The molecule has 1 aliphatic rings. The second-order valence-corrected chi connectivity index (χ2v) is 5.18. The van der Waals surface area contributed by atoms with Crippen LogP contribution in [0.25, 0.3) is 0 Å². The van der Waals surface area contributed by atoms with Crippen molar-refractivity contribution in [3.05, 3.63) is 41.2 Å². The number of rotatable bonds is 0. The molecule has 1 nitrogen and oxygen atoms in total. The Bertz CT molecular complexity index is 363. The standard InChI is InChI=1S/C15H22O/c1-12-6-5-7-13(2)14(16)9-11-15(3,4)10-8-12/h7,9-11,14,16H,5-6H2,1-4H3/b11-9+,13-7+. The van der Waals surface area contributed by atoms with Crippen LogP contribution < -0.4 is 0 Å². The number of hydrogen-bond acceptors (Lipinski definition) is 1. The van der Waals surface area contributed by atoms with Crippen LogP contribution in [0.2, 0.25) is 0 Å². The SMILES string of the molecule is CC1=C=CC(C)(C)/C=C/C(O)/C(C)=C/CC1. The van der Waals surface area contributed by atoms with Crippen LogP contribution >= 0.6 is 0 Å². The second-order valence-electron chi connectivity index (χ2n) is 5.18. The molecule has 0 saturated carbocycles. The van der Waals surface area contributed by atoms with E-state index < -0.39 is 6.10 Å². The second kappa shape index (κ2) is 5.34. The molecule has 1 rings (SSSR count). The number of hydrogen-bond donors (Lipinski definition) is 1. The third-order valence-electron chi connectivity index (χ3n) is 2.85. The van der Waals surface area contributed by atoms with Gasteiger partial charge in [-0.25, -0.2) is 0 Å². The molecule has 0 aliphatic heterocycles. The van der Waals surface area contributed by atoms with Gasteiger partial charge < -0.3 is 5.11 Å².